The highest BCUT2D eigenvalue weighted by molar-refractivity contribution is 7.89. The third kappa shape index (κ3) is 4.92. The molecule has 0 amide bonds. The first-order valence-corrected chi connectivity index (χ1v) is 8.21. The normalized spacial score (nSPS) is 31.6. The van der Waals surface area contributed by atoms with Gasteiger partial charge in [-0.1, -0.05) is 0 Å². The number of fused-ring (bicyclic) bond motifs is 2. The van der Waals surface area contributed by atoms with Crippen LogP contribution in [-0.4, -0.2) is 38.5 Å². The Bertz CT molecular complexity index is 399. The van der Waals surface area contributed by atoms with Crippen LogP contribution in [0.15, 0.2) is 0 Å². The van der Waals surface area contributed by atoms with Crippen LogP contribution >= 0.6 is 0 Å². The van der Waals surface area contributed by atoms with Gasteiger partial charge in [0.15, 0.2) is 0 Å². The number of piperidine rings is 1. The third-order valence-electron chi connectivity index (χ3n) is 3.69. The van der Waals surface area contributed by atoms with Gasteiger partial charge >= 0.3 is 6.18 Å². The van der Waals surface area contributed by atoms with Crippen molar-refractivity contribution in [2.24, 2.45) is 0 Å². The van der Waals surface area contributed by atoms with Crippen molar-refractivity contribution in [3.8, 4) is 0 Å². The molecule has 2 aliphatic heterocycles. The fourth-order valence-electron chi connectivity index (χ4n) is 2.93. The second kappa shape index (κ2) is 5.57. The van der Waals surface area contributed by atoms with Crippen LogP contribution in [-0.2, 0) is 10.0 Å². The Hall–Kier alpha value is -0.340. The summed E-state index contributed by atoms with van der Waals surface area (Å²) < 4.78 is 61.9. The summed E-state index contributed by atoms with van der Waals surface area (Å²) in [7, 11) is -3.60. The van der Waals surface area contributed by atoms with Crippen molar-refractivity contribution in [2.75, 3.05) is 5.75 Å². The number of sulfonamides is 1. The van der Waals surface area contributed by atoms with Gasteiger partial charge in [0, 0.05) is 24.5 Å². The van der Waals surface area contributed by atoms with Crippen LogP contribution in [0.5, 0.6) is 0 Å². The Kier molecular flexibility index (Phi) is 4.42. The van der Waals surface area contributed by atoms with Crippen LogP contribution in [0.25, 0.3) is 0 Å². The van der Waals surface area contributed by atoms with E-state index in [2.05, 4.69) is 10.0 Å². The summed E-state index contributed by atoms with van der Waals surface area (Å²) in [6.45, 7) is 0. The average Bonchev–Trinajstić information content (AvgIpc) is 2.55. The van der Waals surface area contributed by atoms with Crippen LogP contribution in [0, 0.1) is 0 Å². The summed E-state index contributed by atoms with van der Waals surface area (Å²) in [5, 5.41) is 3.39. The molecule has 0 aliphatic carbocycles. The Morgan fingerprint density at radius 2 is 1.74 bits per heavy atom. The maximum atomic E-state index is 12.0. The molecule has 4 nitrogen and oxygen atoms in total. The summed E-state index contributed by atoms with van der Waals surface area (Å²) >= 11 is 0. The van der Waals surface area contributed by atoms with E-state index in [-0.39, 0.29) is 12.5 Å². The zero-order chi connectivity index (χ0) is 14.1. The fraction of sp³-hybridized carbons (Fsp3) is 1.00. The van der Waals surface area contributed by atoms with E-state index >= 15 is 0 Å². The highest BCUT2D eigenvalue weighted by Crippen LogP contribution is 2.27. The van der Waals surface area contributed by atoms with Gasteiger partial charge in [-0.05, 0) is 32.1 Å². The van der Waals surface area contributed by atoms with Gasteiger partial charge in [-0.2, -0.15) is 13.2 Å². The predicted octanol–water partition coefficient (Wildman–Crippen LogP) is 1.53. The topological polar surface area (TPSA) is 58.2 Å². The van der Waals surface area contributed by atoms with E-state index in [1.807, 2.05) is 0 Å². The molecule has 0 spiro atoms. The van der Waals surface area contributed by atoms with Gasteiger partial charge in [0.25, 0.3) is 0 Å². The van der Waals surface area contributed by atoms with E-state index in [4.69, 9.17) is 0 Å². The van der Waals surface area contributed by atoms with Gasteiger partial charge < -0.3 is 5.32 Å². The first kappa shape index (κ1) is 15.1. The van der Waals surface area contributed by atoms with Crippen LogP contribution in [0.2, 0.25) is 0 Å². The summed E-state index contributed by atoms with van der Waals surface area (Å²) in [5.74, 6) is -0.453. The van der Waals surface area contributed by atoms with Crippen molar-refractivity contribution < 1.29 is 21.6 Å². The zero-order valence-corrected chi connectivity index (χ0v) is 11.4. The minimum Gasteiger partial charge on any atom is -0.311 e. The molecule has 0 aromatic heterocycles. The highest BCUT2D eigenvalue weighted by Gasteiger charge is 2.35. The molecule has 2 N–H and O–H groups in total. The highest BCUT2D eigenvalue weighted by atomic mass is 32.2. The Labute approximate surface area is 111 Å². The van der Waals surface area contributed by atoms with Crippen molar-refractivity contribution in [1.29, 1.82) is 0 Å². The molecule has 2 saturated heterocycles. The van der Waals surface area contributed by atoms with Gasteiger partial charge in [-0.25, -0.2) is 13.1 Å². The number of halogens is 3. The zero-order valence-electron chi connectivity index (χ0n) is 10.5. The lowest BCUT2D eigenvalue weighted by Gasteiger charge is -2.29. The van der Waals surface area contributed by atoms with Gasteiger partial charge in [0.1, 0.15) is 0 Å². The SMILES string of the molecule is O=S(=O)(CCCC(F)(F)F)NC1CC2CCC(C1)N2. The maximum absolute atomic E-state index is 12.0. The van der Waals surface area contributed by atoms with Crippen LogP contribution in [0.1, 0.15) is 38.5 Å². The van der Waals surface area contributed by atoms with Crippen molar-refractivity contribution in [2.45, 2.75) is 62.8 Å². The molecular formula is C11H19F3N2O2S. The molecule has 0 aromatic rings. The summed E-state index contributed by atoms with van der Waals surface area (Å²) in [6.07, 6.45) is -2.15. The average molecular weight is 300 g/mol. The van der Waals surface area contributed by atoms with Crippen molar-refractivity contribution in [3.05, 3.63) is 0 Å². The van der Waals surface area contributed by atoms with Gasteiger partial charge in [-0.15, -0.1) is 0 Å². The Morgan fingerprint density at radius 1 is 1.16 bits per heavy atom. The molecule has 2 bridgehead atoms. The number of hydrogen-bond donors (Lipinski definition) is 2. The molecule has 0 saturated carbocycles. The van der Waals surface area contributed by atoms with E-state index in [1.165, 1.54) is 0 Å². The summed E-state index contributed by atoms with van der Waals surface area (Å²) in [6, 6.07) is 0.567. The first-order chi connectivity index (χ1) is 8.73. The van der Waals surface area contributed by atoms with Crippen LogP contribution in [0.4, 0.5) is 13.2 Å². The lowest BCUT2D eigenvalue weighted by Crippen LogP contribution is -2.48. The van der Waals surface area contributed by atoms with Crippen LogP contribution in [0.3, 0.4) is 0 Å². The summed E-state index contributed by atoms with van der Waals surface area (Å²) in [5.41, 5.74) is 0. The molecule has 112 valence electrons. The van der Waals surface area contributed by atoms with Crippen molar-refractivity contribution in [1.82, 2.24) is 10.0 Å². The largest absolute Gasteiger partial charge is 0.389 e. The van der Waals surface area contributed by atoms with E-state index < -0.39 is 28.4 Å². The molecule has 0 aromatic carbocycles. The third-order valence-corrected chi connectivity index (χ3v) is 5.21. The molecule has 8 heteroatoms. The predicted molar refractivity (Wildman–Crippen MR) is 65.2 cm³/mol. The standard InChI is InChI=1S/C11H19F3N2O2S/c12-11(13,14)4-1-5-19(17,18)16-10-6-8-2-3-9(7-10)15-8/h8-10,15-16H,1-7H2. The second-order valence-electron chi connectivity index (χ2n) is 5.46. The molecule has 2 rings (SSSR count). The quantitative estimate of drug-likeness (QED) is 0.809. The van der Waals surface area contributed by atoms with E-state index in [1.54, 1.807) is 0 Å². The smallest absolute Gasteiger partial charge is 0.311 e. The second-order valence-corrected chi connectivity index (χ2v) is 7.34. The molecule has 2 atom stereocenters. The number of alkyl halides is 3. The van der Waals surface area contributed by atoms with E-state index in [9.17, 15) is 21.6 Å². The van der Waals surface area contributed by atoms with Gasteiger partial charge in [0.05, 0.1) is 5.75 Å². The fourth-order valence-corrected chi connectivity index (χ4v) is 4.27. The molecular weight excluding hydrogens is 281 g/mol. The molecule has 2 heterocycles. The number of nitrogens with one attached hydrogen (secondary N) is 2. The van der Waals surface area contributed by atoms with E-state index in [0.717, 1.165) is 25.7 Å². The molecule has 2 unspecified atom stereocenters. The monoisotopic (exact) mass is 300 g/mol. The lowest BCUT2D eigenvalue weighted by molar-refractivity contribution is -0.134. The summed E-state index contributed by atoms with van der Waals surface area (Å²) in [4.78, 5) is 0. The van der Waals surface area contributed by atoms with E-state index in [0.29, 0.717) is 12.1 Å². The van der Waals surface area contributed by atoms with Crippen LogP contribution < -0.4 is 10.0 Å². The minimum absolute atomic E-state index is 0.130. The first-order valence-electron chi connectivity index (χ1n) is 6.56. The number of hydrogen-bond acceptors (Lipinski definition) is 3. The van der Waals surface area contributed by atoms with Crippen molar-refractivity contribution in [3.63, 3.8) is 0 Å². The van der Waals surface area contributed by atoms with Crippen molar-refractivity contribution >= 4 is 10.0 Å². The Balaban J connectivity index is 1.77. The number of rotatable bonds is 5. The molecule has 19 heavy (non-hydrogen) atoms. The molecule has 2 fully saturated rings. The molecule has 0 radical (unpaired) electrons. The van der Waals surface area contributed by atoms with Gasteiger partial charge in [-0.3, -0.25) is 0 Å². The maximum Gasteiger partial charge on any atom is 0.389 e. The van der Waals surface area contributed by atoms with Gasteiger partial charge in [0.2, 0.25) is 10.0 Å². The minimum atomic E-state index is -4.29. The lowest BCUT2D eigenvalue weighted by atomic mass is 10.0. The molecule has 2 aliphatic rings. The Morgan fingerprint density at radius 3 is 2.26 bits per heavy atom.